The van der Waals surface area contributed by atoms with E-state index in [-0.39, 0.29) is 5.82 Å². The molecular weight excluding hydrogens is 219 g/mol. The zero-order valence-corrected chi connectivity index (χ0v) is 9.89. The molecule has 0 unspecified atom stereocenters. The van der Waals surface area contributed by atoms with E-state index in [1.54, 1.807) is 41.0 Å². The van der Waals surface area contributed by atoms with E-state index in [1.165, 1.54) is 6.07 Å². The van der Waals surface area contributed by atoms with Crippen LogP contribution in [0.4, 0.5) is 21.6 Å². The Morgan fingerprint density at radius 2 is 2.12 bits per heavy atom. The van der Waals surface area contributed by atoms with E-state index in [2.05, 4.69) is 5.10 Å². The summed E-state index contributed by atoms with van der Waals surface area (Å²) in [5.74, 6) is 0.305. The van der Waals surface area contributed by atoms with Gasteiger partial charge in [0.2, 0.25) is 0 Å². The molecular formula is C12H15FN4. The van der Waals surface area contributed by atoms with Crippen LogP contribution in [0.3, 0.4) is 0 Å². The van der Waals surface area contributed by atoms with Crippen molar-refractivity contribution in [2.75, 3.05) is 17.2 Å². The molecule has 90 valence electrons. The molecule has 1 aromatic carbocycles. The van der Waals surface area contributed by atoms with Crippen LogP contribution >= 0.6 is 0 Å². The third-order valence-electron chi connectivity index (χ3n) is 2.55. The third kappa shape index (κ3) is 2.08. The predicted molar refractivity (Wildman–Crippen MR) is 66.7 cm³/mol. The van der Waals surface area contributed by atoms with Crippen LogP contribution < -0.4 is 10.6 Å². The van der Waals surface area contributed by atoms with E-state index in [1.807, 2.05) is 6.92 Å². The monoisotopic (exact) mass is 234 g/mol. The second kappa shape index (κ2) is 4.45. The Hall–Kier alpha value is -2.04. The van der Waals surface area contributed by atoms with E-state index in [0.717, 1.165) is 0 Å². The number of para-hydroxylation sites is 1. The number of benzene rings is 1. The van der Waals surface area contributed by atoms with Gasteiger partial charge in [0.1, 0.15) is 5.82 Å². The molecule has 2 rings (SSSR count). The molecule has 2 N–H and O–H groups in total. The summed E-state index contributed by atoms with van der Waals surface area (Å²) >= 11 is 0. The molecule has 0 fully saturated rings. The summed E-state index contributed by atoms with van der Waals surface area (Å²) in [5.41, 5.74) is 6.88. The maximum absolute atomic E-state index is 13.7. The molecule has 2 aromatic rings. The Balaban J connectivity index is 2.47. The van der Waals surface area contributed by atoms with Crippen LogP contribution in [0.1, 0.15) is 6.92 Å². The molecule has 0 aliphatic rings. The maximum Gasteiger partial charge on any atom is 0.178 e. The van der Waals surface area contributed by atoms with E-state index in [4.69, 9.17) is 5.73 Å². The largest absolute Gasteiger partial charge is 0.394 e. The standard InChI is InChI=1S/C12H15FN4/c1-3-17(11-7-5-4-6-9(11)13)12-10(14)8-16(2)15-12/h4-8H,3,14H2,1-2H3. The first-order valence-corrected chi connectivity index (χ1v) is 5.44. The summed E-state index contributed by atoms with van der Waals surface area (Å²) in [7, 11) is 1.79. The lowest BCUT2D eigenvalue weighted by Crippen LogP contribution is -2.19. The number of rotatable bonds is 3. The van der Waals surface area contributed by atoms with Gasteiger partial charge in [0.15, 0.2) is 5.82 Å². The smallest absolute Gasteiger partial charge is 0.178 e. The molecule has 17 heavy (non-hydrogen) atoms. The van der Waals surface area contributed by atoms with Crippen LogP contribution in [0.2, 0.25) is 0 Å². The van der Waals surface area contributed by atoms with Crippen molar-refractivity contribution >= 4 is 17.2 Å². The molecule has 0 saturated heterocycles. The van der Waals surface area contributed by atoms with E-state index in [0.29, 0.717) is 23.7 Å². The molecule has 0 amide bonds. The first kappa shape index (κ1) is 11.4. The van der Waals surface area contributed by atoms with Crippen molar-refractivity contribution in [1.82, 2.24) is 9.78 Å². The minimum absolute atomic E-state index is 0.278. The number of hydrogen-bond acceptors (Lipinski definition) is 3. The molecule has 5 heteroatoms. The summed E-state index contributed by atoms with van der Waals surface area (Å²) in [5, 5.41) is 4.25. The molecule has 0 aliphatic heterocycles. The van der Waals surface area contributed by atoms with Gasteiger partial charge in [-0.1, -0.05) is 12.1 Å². The summed E-state index contributed by atoms with van der Waals surface area (Å²) in [4.78, 5) is 1.75. The molecule has 0 atom stereocenters. The van der Waals surface area contributed by atoms with Crippen LogP contribution in [0, 0.1) is 5.82 Å². The highest BCUT2D eigenvalue weighted by atomic mass is 19.1. The molecule has 1 heterocycles. The number of nitrogen functional groups attached to an aromatic ring is 1. The van der Waals surface area contributed by atoms with Crippen molar-refractivity contribution in [2.24, 2.45) is 7.05 Å². The number of anilines is 3. The summed E-state index contributed by atoms with van der Waals surface area (Å²) < 4.78 is 15.4. The minimum atomic E-state index is -0.278. The number of aryl methyl sites for hydroxylation is 1. The highest BCUT2D eigenvalue weighted by molar-refractivity contribution is 5.70. The normalized spacial score (nSPS) is 10.5. The van der Waals surface area contributed by atoms with Gasteiger partial charge in [-0.15, -0.1) is 0 Å². The first-order valence-electron chi connectivity index (χ1n) is 5.44. The van der Waals surface area contributed by atoms with Crippen molar-refractivity contribution in [1.29, 1.82) is 0 Å². The van der Waals surface area contributed by atoms with Crippen molar-refractivity contribution < 1.29 is 4.39 Å². The molecule has 0 saturated carbocycles. The van der Waals surface area contributed by atoms with Gasteiger partial charge in [0.05, 0.1) is 11.4 Å². The van der Waals surface area contributed by atoms with Crippen LogP contribution in [-0.4, -0.2) is 16.3 Å². The van der Waals surface area contributed by atoms with Gasteiger partial charge in [-0.25, -0.2) is 4.39 Å². The van der Waals surface area contributed by atoms with Gasteiger partial charge in [0.25, 0.3) is 0 Å². The fourth-order valence-corrected chi connectivity index (χ4v) is 1.81. The lowest BCUT2D eigenvalue weighted by molar-refractivity contribution is 0.624. The van der Waals surface area contributed by atoms with Crippen molar-refractivity contribution in [3.05, 3.63) is 36.3 Å². The first-order chi connectivity index (χ1) is 8.13. The molecule has 0 bridgehead atoms. The van der Waals surface area contributed by atoms with Crippen LogP contribution in [0.5, 0.6) is 0 Å². The lowest BCUT2D eigenvalue weighted by Gasteiger charge is -2.21. The molecule has 4 nitrogen and oxygen atoms in total. The average molecular weight is 234 g/mol. The Morgan fingerprint density at radius 3 is 2.65 bits per heavy atom. The molecule has 1 aromatic heterocycles. The van der Waals surface area contributed by atoms with Gasteiger partial charge in [-0.05, 0) is 19.1 Å². The highest BCUT2D eigenvalue weighted by Gasteiger charge is 2.16. The van der Waals surface area contributed by atoms with Crippen LogP contribution in [0.25, 0.3) is 0 Å². The number of hydrogen-bond donors (Lipinski definition) is 1. The molecule has 0 aliphatic carbocycles. The molecule has 0 spiro atoms. The Kier molecular flexibility index (Phi) is 2.99. The minimum Gasteiger partial charge on any atom is -0.394 e. The quantitative estimate of drug-likeness (QED) is 0.886. The maximum atomic E-state index is 13.7. The fraction of sp³-hybridized carbons (Fsp3) is 0.250. The number of nitrogens with two attached hydrogens (primary N) is 1. The van der Waals surface area contributed by atoms with Gasteiger partial charge < -0.3 is 10.6 Å². The number of halogens is 1. The van der Waals surface area contributed by atoms with Gasteiger partial charge >= 0.3 is 0 Å². The van der Waals surface area contributed by atoms with Gasteiger partial charge in [-0.2, -0.15) is 5.10 Å². The Bertz CT molecular complexity index is 521. The second-order valence-corrected chi connectivity index (χ2v) is 3.78. The zero-order chi connectivity index (χ0) is 12.4. The Labute approximate surface area is 99.5 Å². The van der Waals surface area contributed by atoms with Crippen molar-refractivity contribution in [2.45, 2.75) is 6.92 Å². The van der Waals surface area contributed by atoms with E-state index >= 15 is 0 Å². The van der Waals surface area contributed by atoms with Gasteiger partial charge in [-0.3, -0.25) is 4.68 Å². The third-order valence-corrected chi connectivity index (χ3v) is 2.55. The number of aromatic nitrogens is 2. The Morgan fingerprint density at radius 1 is 1.41 bits per heavy atom. The molecule has 0 radical (unpaired) electrons. The fourth-order valence-electron chi connectivity index (χ4n) is 1.81. The predicted octanol–water partition coefficient (Wildman–Crippen LogP) is 2.30. The van der Waals surface area contributed by atoms with E-state index in [9.17, 15) is 4.39 Å². The average Bonchev–Trinajstić information content (AvgIpc) is 2.62. The zero-order valence-electron chi connectivity index (χ0n) is 9.89. The number of nitrogens with zero attached hydrogens (tertiary/aromatic N) is 3. The van der Waals surface area contributed by atoms with Gasteiger partial charge in [0, 0.05) is 19.8 Å². The lowest BCUT2D eigenvalue weighted by atomic mass is 10.2. The van der Waals surface area contributed by atoms with Crippen molar-refractivity contribution in [3.8, 4) is 0 Å². The van der Waals surface area contributed by atoms with Crippen molar-refractivity contribution in [3.63, 3.8) is 0 Å². The second-order valence-electron chi connectivity index (χ2n) is 3.78. The summed E-state index contributed by atoms with van der Waals surface area (Å²) in [6.45, 7) is 2.53. The summed E-state index contributed by atoms with van der Waals surface area (Å²) in [6, 6.07) is 6.60. The topological polar surface area (TPSA) is 47.1 Å². The van der Waals surface area contributed by atoms with Crippen LogP contribution in [0.15, 0.2) is 30.5 Å². The highest BCUT2D eigenvalue weighted by Crippen LogP contribution is 2.29. The van der Waals surface area contributed by atoms with E-state index < -0.39 is 0 Å². The SMILES string of the molecule is CCN(c1ccccc1F)c1nn(C)cc1N. The summed E-state index contributed by atoms with van der Waals surface area (Å²) in [6.07, 6.45) is 1.71. The van der Waals surface area contributed by atoms with Crippen LogP contribution in [-0.2, 0) is 7.05 Å².